The van der Waals surface area contributed by atoms with Crippen molar-refractivity contribution in [3.8, 4) is 0 Å². The van der Waals surface area contributed by atoms with Gasteiger partial charge in [0.05, 0.1) is 0 Å². The van der Waals surface area contributed by atoms with E-state index in [1.807, 2.05) is 4.90 Å². The highest BCUT2D eigenvalue weighted by Gasteiger charge is 2.24. The van der Waals surface area contributed by atoms with Gasteiger partial charge in [0.25, 0.3) is 0 Å². The predicted octanol–water partition coefficient (Wildman–Crippen LogP) is -0.476. The summed E-state index contributed by atoms with van der Waals surface area (Å²) in [6.07, 6.45) is 0. The van der Waals surface area contributed by atoms with Crippen molar-refractivity contribution >= 4 is 16.8 Å². The van der Waals surface area contributed by atoms with Crippen molar-refractivity contribution in [2.24, 2.45) is 0 Å². The van der Waals surface area contributed by atoms with Crippen LogP contribution < -0.4 is 0 Å². The number of nitrogens with zero attached hydrogens (tertiary/aromatic N) is 1. The lowest BCUT2D eigenvalue weighted by Crippen LogP contribution is -2.46. The molecule has 1 aliphatic rings. The molecule has 0 amide bonds. The Balaban J connectivity index is 2.44. The lowest BCUT2D eigenvalue weighted by atomic mass is 10.3. The molecule has 0 aromatic rings. The second-order valence-corrected chi connectivity index (χ2v) is 4.59. The molecule has 5 heteroatoms. The monoisotopic (exact) mass is 191 g/mol. The zero-order valence-corrected chi connectivity index (χ0v) is 7.84. The number of aliphatic carboxylic acids is 1. The first kappa shape index (κ1) is 9.67. The Bertz CT molecular complexity index is 197. The van der Waals surface area contributed by atoms with Crippen molar-refractivity contribution in [1.29, 1.82) is 0 Å². The molecule has 1 N–H and O–H groups in total. The van der Waals surface area contributed by atoms with Crippen LogP contribution in [0.15, 0.2) is 0 Å². The molecule has 12 heavy (non-hydrogen) atoms. The molecule has 1 heterocycles. The van der Waals surface area contributed by atoms with Gasteiger partial charge >= 0.3 is 5.97 Å². The molecule has 70 valence electrons. The minimum absolute atomic E-state index is 0.442. The van der Waals surface area contributed by atoms with Crippen LogP contribution in [-0.4, -0.2) is 50.8 Å². The highest BCUT2D eigenvalue weighted by atomic mass is 32.2. The highest BCUT2D eigenvalue weighted by Crippen LogP contribution is 2.05. The van der Waals surface area contributed by atoms with Gasteiger partial charge in [-0.1, -0.05) is 0 Å². The van der Waals surface area contributed by atoms with Crippen LogP contribution in [0.25, 0.3) is 0 Å². The van der Waals surface area contributed by atoms with E-state index in [2.05, 4.69) is 0 Å². The zero-order valence-electron chi connectivity index (χ0n) is 7.02. The van der Waals surface area contributed by atoms with E-state index in [1.165, 1.54) is 0 Å². The molecule has 0 aliphatic carbocycles. The SMILES string of the molecule is CC(C(=O)O)N1CCS(=O)CC1. The summed E-state index contributed by atoms with van der Waals surface area (Å²) in [4.78, 5) is 12.4. The van der Waals surface area contributed by atoms with Gasteiger partial charge in [0.2, 0.25) is 0 Å². The molecular formula is C7H13NO3S. The second-order valence-electron chi connectivity index (χ2n) is 2.90. The number of carbonyl (C=O) groups is 1. The van der Waals surface area contributed by atoms with Crippen LogP contribution in [0.4, 0.5) is 0 Å². The molecule has 1 rings (SSSR count). The summed E-state index contributed by atoms with van der Waals surface area (Å²) in [7, 11) is -0.725. The summed E-state index contributed by atoms with van der Waals surface area (Å²) in [5, 5.41) is 8.68. The maximum Gasteiger partial charge on any atom is 0.320 e. The molecule has 1 atom stereocenters. The Hall–Kier alpha value is -0.420. The van der Waals surface area contributed by atoms with Gasteiger partial charge in [0.15, 0.2) is 0 Å². The first-order chi connectivity index (χ1) is 5.61. The van der Waals surface area contributed by atoms with E-state index in [-0.39, 0.29) is 0 Å². The van der Waals surface area contributed by atoms with Crippen molar-refractivity contribution in [2.45, 2.75) is 13.0 Å². The average molecular weight is 191 g/mol. The molecule has 4 nitrogen and oxygen atoms in total. The lowest BCUT2D eigenvalue weighted by molar-refractivity contribution is -0.142. The topological polar surface area (TPSA) is 57.6 Å². The van der Waals surface area contributed by atoms with E-state index >= 15 is 0 Å². The molecule has 0 bridgehead atoms. The molecule has 0 saturated carbocycles. The van der Waals surface area contributed by atoms with Crippen LogP contribution in [0.1, 0.15) is 6.92 Å². The van der Waals surface area contributed by atoms with Crippen LogP contribution in [0.5, 0.6) is 0 Å². The van der Waals surface area contributed by atoms with Crippen LogP contribution in [0.2, 0.25) is 0 Å². The molecule has 0 spiro atoms. The van der Waals surface area contributed by atoms with Crippen LogP contribution in [0.3, 0.4) is 0 Å². The Labute approximate surface area is 74.0 Å². The van der Waals surface area contributed by atoms with E-state index < -0.39 is 22.8 Å². The summed E-state index contributed by atoms with van der Waals surface area (Å²) in [5.41, 5.74) is 0. The van der Waals surface area contributed by atoms with E-state index in [0.29, 0.717) is 24.6 Å². The van der Waals surface area contributed by atoms with E-state index in [4.69, 9.17) is 5.11 Å². The van der Waals surface area contributed by atoms with E-state index in [9.17, 15) is 9.00 Å². The summed E-state index contributed by atoms with van der Waals surface area (Å²) in [6.45, 7) is 2.94. The number of carboxylic acids is 1. The first-order valence-corrected chi connectivity index (χ1v) is 5.42. The summed E-state index contributed by atoms with van der Waals surface area (Å²) in [5.74, 6) is 0.414. The average Bonchev–Trinajstić information content (AvgIpc) is 2.04. The molecule has 1 saturated heterocycles. The van der Waals surface area contributed by atoms with Gasteiger partial charge in [-0.2, -0.15) is 0 Å². The third-order valence-electron chi connectivity index (χ3n) is 2.12. The van der Waals surface area contributed by atoms with Crippen LogP contribution >= 0.6 is 0 Å². The van der Waals surface area contributed by atoms with Crippen molar-refractivity contribution in [1.82, 2.24) is 4.90 Å². The summed E-state index contributed by atoms with van der Waals surface area (Å²) in [6, 6.07) is -0.442. The Morgan fingerprint density at radius 3 is 2.42 bits per heavy atom. The molecule has 0 aromatic carbocycles. The Kier molecular flexibility index (Phi) is 3.22. The van der Waals surface area contributed by atoms with E-state index in [0.717, 1.165) is 0 Å². The molecule has 0 aromatic heterocycles. The normalized spacial score (nSPS) is 23.8. The van der Waals surface area contributed by atoms with Crippen molar-refractivity contribution < 1.29 is 14.1 Å². The minimum Gasteiger partial charge on any atom is -0.480 e. The third-order valence-corrected chi connectivity index (χ3v) is 3.39. The fourth-order valence-electron chi connectivity index (χ4n) is 1.20. The standard InChI is InChI=1S/C7H13NO3S/c1-6(7(9)10)8-2-4-12(11)5-3-8/h6H,2-5H2,1H3,(H,9,10). The van der Waals surface area contributed by atoms with Gasteiger partial charge in [-0.3, -0.25) is 13.9 Å². The van der Waals surface area contributed by atoms with Gasteiger partial charge in [-0.05, 0) is 6.92 Å². The van der Waals surface area contributed by atoms with Crippen molar-refractivity contribution in [2.75, 3.05) is 24.6 Å². The number of hydrogen-bond donors (Lipinski definition) is 1. The van der Waals surface area contributed by atoms with Crippen molar-refractivity contribution in [3.05, 3.63) is 0 Å². The van der Waals surface area contributed by atoms with Gasteiger partial charge in [-0.25, -0.2) is 0 Å². The Morgan fingerprint density at radius 1 is 1.50 bits per heavy atom. The fourth-order valence-corrected chi connectivity index (χ4v) is 2.28. The molecule has 1 fully saturated rings. The minimum atomic E-state index is -0.803. The lowest BCUT2D eigenvalue weighted by Gasteiger charge is -2.29. The zero-order chi connectivity index (χ0) is 9.14. The van der Waals surface area contributed by atoms with E-state index in [1.54, 1.807) is 6.92 Å². The van der Waals surface area contributed by atoms with Gasteiger partial charge < -0.3 is 5.11 Å². The second kappa shape index (κ2) is 4.00. The maximum atomic E-state index is 10.9. The van der Waals surface area contributed by atoms with Crippen molar-refractivity contribution in [3.63, 3.8) is 0 Å². The fraction of sp³-hybridized carbons (Fsp3) is 0.857. The predicted molar refractivity (Wildman–Crippen MR) is 46.5 cm³/mol. The maximum absolute atomic E-state index is 10.9. The largest absolute Gasteiger partial charge is 0.480 e. The molecule has 0 radical (unpaired) electrons. The smallest absolute Gasteiger partial charge is 0.320 e. The first-order valence-electron chi connectivity index (χ1n) is 3.93. The third kappa shape index (κ3) is 2.28. The van der Waals surface area contributed by atoms with Crippen LogP contribution in [-0.2, 0) is 15.6 Å². The summed E-state index contributed by atoms with van der Waals surface area (Å²) >= 11 is 0. The number of rotatable bonds is 2. The summed E-state index contributed by atoms with van der Waals surface area (Å²) < 4.78 is 10.9. The van der Waals surface area contributed by atoms with Crippen LogP contribution in [0, 0.1) is 0 Å². The number of carboxylic acid groups (broad SMARTS) is 1. The molecule has 1 aliphatic heterocycles. The Morgan fingerprint density at radius 2 is 2.00 bits per heavy atom. The number of hydrogen-bond acceptors (Lipinski definition) is 3. The molecular weight excluding hydrogens is 178 g/mol. The highest BCUT2D eigenvalue weighted by molar-refractivity contribution is 7.85. The molecule has 1 unspecified atom stereocenters. The van der Waals surface area contributed by atoms with Gasteiger partial charge in [0, 0.05) is 35.4 Å². The quantitative estimate of drug-likeness (QED) is 0.640. The van der Waals surface area contributed by atoms with Gasteiger partial charge in [0.1, 0.15) is 6.04 Å². The van der Waals surface area contributed by atoms with Gasteiger partial charge in [-0.15, -0.1) is 0 Å².